The van der Waals surface area contributed by atoms with Gasteiger partial charge in [0, 0.05) is 14.1 Å². The number of aliphatic hydroxyl groups is 2. The number of rotatable bonds is 15. The third kappa shape index (κ3) is 7.93. The minimum Gasteiger partial charge on any atom is -0.497 e. The predicted octanol–water partition coefficient (Wildman–Crippen LogP) is 4.32. The number of hydrogen-bond acceptors (Lipinski definition) is 12. The second-order valence-corrected chi connectivity index (χ2v) is 13.8. The van der Waals surface area contributed by atoms with Gasteiger partial charge in [-0.05, 0) is 53.1 Å². The van der Waals surface area contributed by atoms with E-state index in [-0.39, 0.29) is 36.9 Å². The van der Waals surface area contributed by atoms with Crippen LogP contribution in [0.2, 0.25) is 0 Å². The Labute approximate surface area is 334 Å². The third-order valence-electron chi connectivity index (χ3n) is 9.87. The Kier molecular flexibility index (Phi) is 11.9. The van der Waals surface area contributed by atoms with Crippen LogP contribution < -0.4 is 15.0 Å². The molecule has 4 aromatic carbocycles. The molecule has 6 aromatic rings. The normalized spacial score (nSPS) is 18.1. The van der Waals surface area contributed by atoms with E-state index in [4.69, 9.17) is 23.7 Å². The number of hydrogen-bond donors (Lipinski definition) is 2. The van der Waals surface area contributed by atoms with E-state index in [9.17, 15) is 19.8 Å². The minimum atomic E-state index is -1.46. The van der Waals surface area contributed by atoms with E-state index in [0.717, 1.165) is 16.7 Å². The number of esters is 1. The summed E-state index contributed by atoms with van der Waals surface area (Å²) in [7, 11) is 6.72. The number of ether oxygens (including phenoxy) is 5. The fourth-order valence-corrected chi connectivity index (χ4v) is 6.91. The summed E-state index contributed by atoms with van der Waals surface area (Å²) in [5.74, 6) is 0.791. The highest BCUT2D eigenvalue weighted by Crippen LogP contribution is 2.43. The molecule has 1 aliphatic rings. The summed E-state index contributed by atoms with van der Waals surface area (Å²) in [4.78, 5) is 41.6. The van der Waals surface area contributed by atoms with Gasteiger partial charge in [0.25, 0.3) is 5.56 Å². The van der Waals surface area contributed by atoms with Crippen LogP contribution in [0.5, 0.6) is 11.5 Å². The molecule has 2 aromatic heterocycles. The van der Waals surface area contributed by atoms with Crippen molar-refractivity contribution in [3.63, 3.8) is 0 Å². The largest absolute Gasteiger partial charge is 0.497 e. The molecule has 0 saturated carbocycles. The number of aliphatic hydroxyl groups excluding tert-OH is 2. The molecule has 15 heteroatoms. The van der Waals surface area contributed by atoms with Crippen LogP contribution in [0.3, 0.4) is 0 Å². The van der Waals surface area contributed by atoms with Gasteiger partial charge in [0.1, 0.15) is 42.0 Å². The van der Waals surface area contributed by atoms with Crippen molar-refractivity contribution in [2.75, 3.05) is 41.5 Å². The molecule has 1 aliphatic heterocycles. The van der Waals surface area contributed by atoms with E-state index in [1.165, 1.54) is 21.8 Å². The van der Waals surface area contributed by atoms with Crippen LogP contribution >= 0.6 is 0 Å². The topological polar surface area (TPSA) is 172 Å². The Morgan fingerprint density at radius 1 is 0.862 bits per heavy atom. The molecule has 1 fully saturated rings. The molecular formula is C43H44N6O9. The van der Waals surface area contributed by atoms with Crippen LogP contribution in [0.4, 0.5) is 5.95 Å². The number of nitrogens with zero attached hydrogens (tertiary/aromatic N) is 6. The van der Waals surface area contributed by atoms with Crippen molar-refractivity contribution in [3.8, 4) is 11.5 Å². The predicted molar refractivity (Wildman–Crippen MR) is 215 cm³/mol. The highest BCUT2D eigenvalue weighted by Gasteiger charge is 2.47. The van der Waals surface area contributed by atoms with Crippen molar-refractivity contribution in [2.45, 2.75) is 36.7 Å². The maximum atomic E-state index is 13.9. The van der Waals surface area contributed by atoms with Crippen LogP contribution in [-0.2, 0) is 26.4 Å². The third-order valence-corrected chi connectivity index (χ3v) is 9.87. The Balaban J connectivity index is 1.20. The van der Waals surface area contributed by atoms with Crippen molar-refractivity contribution < 1.29 is 38.7 Å². The lowest BCUT2D eigenvalue weighted by Gasteiger charge is -2.37. The second kappa shape index (κ2) is 17.4. The first-order valence-corrected chi connectivity index (χ1v) is 18.5. The van der Waals surface area contributed by atoms with Gasteiger partial charge in [0.15, 0.2) is 17.4 Å². The summed E-state index contributed by atoms with van der Waals surface area (Å²) >= 11 is 0. The Bertz CT molecular complexity index is 2350. The first-order chi connectivity index (χ1) is 28.1. The monoisotopic (exact) mass is 788 g/mol. The van der Waals surface area contributed by atoms with Crippen LogP contribution in [0, 0.1) is 0 Å². The molecule has 0 amide bonds. The van der Waals surface area contributed by atoms with E-state index in [2.05, 4.69) is 15.0 Å². The van der Waals surface area contributed by atoms with E-state index < -0.39 is 41.7 Å². The number of carbonyl (C=O) groups excluding carboxylic acids is 1. The number of benzene rings is 4. The van der Waals surface area contributed by atoms with Crippen molar-refractivity contribution in [1.82, 2.24) is 24.0 Å². The number of imidazole rings is 1. The van der Waals surface area contributed by atoms with Crippen molar-refractivity contribution in [2.24, 2.45) is 4.99 Å². The van der Waals surface area contributed by atoms with Gasteiger partial charge in [-0.15, -0.1) is 0 Å². The average molecular weight is 789 g/mol. The lowest BCUT2D eigenvalue weighted by Crippen LogP contribution is -2.39. The van der Waals surface area contributed by atoms with Gasteiger partial charge >= 0.3 is 5.97 Å². The number of fused-ring (bicyclic) bond motifs is 1. The molecule has 300 valence electrons. The van der Waals surface area contributed by atoms with Gasteiger partial charge in [-0.1, -0.05) is 72.8 Å². The molecule has 0 aliphatic carbocycles. The molecule has 0 radical (unpaired) electrons. The minimum absolute atomic E-state index is 0.00302. The highest BCUT2D eigenvalue weighted by atomic mass is 16.6. The average Bonchev–Trinajstić information content (AvgIpc) is 3.81. The van der Waals surface area contributed by atoms with Gasteiger partial charge in [-0.3, -0.25) is 13.9 Å². The first-order valence-electron chi connectivity index (χ1n) is 18.5. The summed E-state index contributed by atoms with van der Waals surface area (Å²) in [5.41, 5.74) is 0.996. The highest BCUT2D eigenvalue weighted by molar-refractivity contribution is 5.89. The van der Waals surface area contributed by atoms with E-state index >= 15 is 0 Å². The molecular weight excluding hydrogens is 745 g/mol. The fourth-order valence-electron chi connectivity index (χ4n) is 6.91. The smallest absolute Gasteiger partial charge is 0.338 e. The number of aliphatic imine (C=N–C) groups is 1. The molecule has 1 saturated heterocycles. The number of carbonyl (C=O) groups is 1. The van der Waals surface area contributed by atoms with Crippen LogP contribution in [0.15, 0.2) is 125 Å². The molecule has 7 rings (SSSR count). The Morgan fingerprint density at radius 3 is 2.03 bits per heavy atom. The maximum Gasteiger partial charge on any atom is 0.338 e. The lowest BCUT2D eigenvalue weighted by molar-refractivity contribution is -0.0942. The van der Waals surface area contributed by atoms with Crippen LogP contribution in [0.25, 0.3) is 11.2 Å². The molecule has 58 heavy (non-hydrogen) atoms. The zero-order chi connectivity index (χ0) is 40.8. The summed E-state index contributed by atoms with van der Waals surface area (Å²) < 4.78 is 32.3. The molecule has 0 bridgehead atoms. The summed E-state index contributed by atoms with van der Waals surface area (Å²) in [6.45, 7) is -0.365. The molecule has 4 atom stereocenters. The number of aromatic nitrogens is 4. The number of methoxy groups -OCH3 is 2. The van der Waals surface area contributed by atoms with Crippen molar-refractivity contribution in [3.05, 3.63) is 148 Å². The SMILES string of the molecule is COc1ccc(C(OC[C@H]2O[C@@H](n3cnc4c(=O)n(CCOC(=O)c5ccccc5)c(/N=C/N(C)C)nc43)[C@H](O)[C@@H]2O)(c2ccccc2)c2ccc(OC)cc2)cc1. The molecule has 0 spiro atoms. The zero-order valence-electron chi connectivity index (χ0n) is 32.4. The maximum absolute atomic E-state index is 13.9. The van der Waals surface area contributed by atoms with Gasteiger partial charge in [-0.25, -0.2) is 14.8 Å². The van der Waals surface area contributed by atoms with Gasteiger partial charge in [-0.2, -0.15) is 4.98 Å². The lowest BCUT2D eigenvalue weighted by atomic mass is 9.80. The van der Waals surface area contributed by atoms with Gasteiger partial charge in [0.05, 0.1) is 45.6 Å². The molecule has 0 unspecified atom stereocenters. The van der Waals surface area contributed by atoms with E-state index in [1.807, 2.05) is 78.9 Å². The van der Waals surface area contributed by atoms with Crippen LogP contribution in [0.1, 0.15) is 33.3 Å². The van der Waals surface area contributed by atoms with Crippen molar-refractivity contribution >= 4 is 29.4 Å². The van der Waals surface area contributed by atoms with E-state index in [0.29, 0.717) is 17.1 Å². The Hall–Kier alpha value is -6.39. The summed E-state index contributed by atoms with van der Waals surface area (Å²) in [6, 6.07) is 33.2. The van der Waals surface area contributed by atoms with Gasteiger partial charge in [0.2, 0.25) is 5.95 Å². The summed E-state index contributed by atoms with van der Waals surface area (Å²) in [6.07, 6.45) is -2.32. The van der Waals surface area contributed by atoms with E-state index in [1.54, 1.807) is 63.5 Å². The molecule has 3 heterocycles. The van der Waals surface area contributed by atoms with Crippen LogP contribution in [-0.4, -0.2) is 106 Å². The fraction of sp³-hybridized carbons (Fsp3) is 0.279. The standard InChI is InChI=1S/C43H44N6O9/c1-47(2)26-45-42-46-38-35(39(52)48(42)23-24-56-41(53)28-11-7-5-8-12-28)44-27-49(38)40-37(51)36(50)34(58-40)25-57-43(29-13-9-6-10-14-29,30-15-19-32(54-3)20-16-30)31-17-21-33(55-4)22-18-31/h5-22,26-27,34,36-37,40,50-51H,23-25H2,1-4H3/b45-26+/t34-,36-,37-,40-/m1/s1. The van der Waals surface area contributed by atoms with Crippen molar-refractivity contribution in [1.29, 1.82) is 0 Å². The Morgan fingerprint density at radius 2 is 1.45 bits per heavy atom. The molecule has 15 nitrogen and oxygen atoms in total. The van der Waals surface area contributed by atoms with Gasteiger partial charge < -0.3 is 38.8 Å². The quantitative estimate of drug-likeness (QED) is 0.0655. The second-order valence-electron chi connectivity index (χ2n) is 13.8. The zero-order valence-corrected chi connectivity index (χ0v) is 32.4. The first kappa shape index (κ1) is 39.8. The summed E-state index contributed by atoms with van der Waals surface area (Å²) in [5, 5.41) is 23.0. The molecule has 2 N–H and O–H groups in total.